The van der Waals surface area contributed by atoms with E-state index in [1.807, 2.05) is 6.07 Å². The highest BCUT2D eigenvalue weighted by atomic mass is 16.3. The van der Waals surface area contributed by atoms with E-state index in [-0.39, 0.29) is 11.5 Å². The van der Waals surface area contributed by atoms with Gasteiger partial charge < -0.3 is 20.4 Å². The molecule has 1 aromatic carbocycles. The molecule has 4 nitrogen and oxygen atoms in total. The van der Waals surface area contributed by atoms with Crippen molar-refractivity contribution in [3.05, 3.63) is 28.8 Å². The molecule has 2 saturated carbocycles. The lowest BCUT2D eigenvalue weighted by Gasteiger charge is -2.50. The van der Waals surface area contributed by atoms with Gasteiger partial charge in [-0.05, 0) is 112 Å². The number of nitrogens with one attached hydrogen (secondary N) is 1. The molecule has 5 atom stereocenters. The number of benzene rings is 1. The normalized spacial score (nSPS) is 34.2. The van der Waals surface area contributed by atoms with Gasteiger partial charge in [-0.15, -0.1) is 0 Å². The monoisotopic (exact) mass is 386 g/mol. The number of aryl methyl sites for hydroxylation is 1. The number of phenolic OH excluding ortho intramolecular Hbond substituents is 1. The van der Waals surface area contributed by atoms with Crippen LogP contribution in [0.2, 0.25) is 0 Å². The van der Waals surface area contributed by atoms with E-state index in [9.17, 15) is 10.2 Å². The zero-order valence-electron chi connectivity index (χ0n) is 17.9. The third-order valence-corrected chi connectivity index (χ3v) is 8.15. The molecule has 4 rings (SSSR count). The van der Waals surface area contributed by atoms with E-state index in [2.05, 4.69) is 37.3 Å². The van der Waals surface area contributed by atoms with Gasteiger partial charge in [0.1, 0.15) is 5.75 Å². The number of fused-ring (bicyclic) bond motifs is 5. The van der Waals surface area contributed by atoms with E-state index in [4.69, 9.17) is 0 Å². The molecular formula is C24H38N2O2. The number of aromatic hydroxyl groups is 1. The summed E-state index contributed by atoms with van der Waals surface area (Å²) in [4.78, 5) is 2.20. The Labute approximate surface area is 170 Å². The molecule has 0 spiro atoms. The lowest BCUT2D eigenvalue weighted by atomic mass is 9.55. The minimum Gasteiger partial charge on any atom is -0.508 e. The highest BCUT2D eigenvalue weighted by Crippen LogP contribution is 2.61. The summed E-state index contributed by atoms with van der Waals surface area (Å²) in [6.07, 6.45) is 7.78. The third kappa shape index (κ3) is 3.59. The Hall–Kier alpha value is -1.10. The quantitative estimate of drug-likeness (QED) is 0.653. The Morgan fingerprint density at radius 3 is 2.79 bits per heavy atom. The number of aliphatic hydroxyl groups excluding tert-OH is 1. The highest BCUT2D eigenvalue weighted by molar-refractivity contribution is 5.45. The summed E-state index contributed by atoms with van der Waals surface area (Å²) in [5, 5.41) is 24.6. The Morgan fingerprint density at radius 1 is 1.18 bits per heavy atom. The van der Waals surface area contributed by atoms with Crippen LogP contribution in [0.5, 0.6) is 5.75 Å². The van der Waals surface area contributed by atoms with Crippen LogP contribution in [-0.4, -0.2) is 48.4 Å². The van der Waals surface area contributed by atoms with Crippen molar-refractivity contribution in [2.75, 3.05) is 27.2 Å². The minimum atomic E-state index is -0.110. The number of hydrogen-bond donors (Lipinski definition) is 3. The first-order valence-corrected chi connectivity index (χ1v) is 11.3. The van der Waals surface area contributed by atoms with Crippen LogP contribution in [0.15, 0.2) is 12.1 Å². The molecule has 0 heterocycles. The molecule has 0 unspecified atom stereocenters. The molecule has 1 aromatic rings. The van der Waals surface area contributed by atoms with Crippen molar-refractivity contribution < 1.29 is 10.2 Å². The summed E-state index contributed by atoms with van der Waals surface area (Å²) < 4.78 is 0. The molecule has 0 aromatic heterocycles. The van der Waals surface area contributed by atoms with Crippen molar-refractivity contribution in [1.29, 1.82) is 0 Å². The number of phenols is 1. The fourth-order valence-corrected chi connectivity index (χ4v) is 6.51. The van der Waals surface area contributed by atoms with Crippen molar-refractivity contribution in [2.24, 2.45) is 17.3 Å². The maximum atomic E-state index is 10.6. The van der Waals surface area contributed by atoms with E-state index in [0.29, 0.717) is 23.5 Å². The zero-order chi connectivity index (χ0) is 19.9. The summed E-state index contributed by atoms with van der Waals surface area (Å²) in [5.41, 5.74) is 4.02. The lowest BCUT2D eigenvalue weighted by molar-refractivity contribution is -0.0226. The second-order valence-electron chi connectivity index (χ2n) is 10.1. The lowest BCUT2D eigenvalue weighted by Crippen LogP contribution is -2.43. The topological polar surface area (TPSA) is 55.7 Å². The summed E-state index contributed by atoms with van der Waals surface area (Å²) in [5.74, 6) is 2.43. The predicted molar refractivity (Wildman–Crippen MR) is 114 cm³/mol. The van der Waals surface area contributed by atoms with Gasteiger partial charge in [-0.3, -0.25) is 0 Å². The van der Waals surface area contributed by atoms with E-state index >= 15 is 0 Å². The maximum absolute atomic E-state index is 10.6. The molecule has 2 fully saturated rings. The molecule has 0 aliphatic heterocycles. The van der Waals surface area contributed by atoms with Gasteiger partial charge in [0.15, 0.2) is 0 Å². The van der Waals surface area contributed by atoms with Crippen LogP contribution < -0.4 is 5.32 Å². The van der Waals surface area contributed by atoms with Gasteiger partial charge in [-0.1, -0.05) is 13.0 Å². The molecule has 4 heteroatoms. The van der Waals surface area contributed by atoms with E-state index in [1.165, 1.54) is 30.4 Å². The van der Waals surface area contributed by atoms with Crippen molar-refractivity contribution in [3.63, 3.8) is 0 Å². The summed E-state index contributed by atoms with van der Waals surface area (Å²) >= 11 is 0. The second-order valence-corrected chi connectivity index (χ2v) is 10.1. The minimum absolute atomic E-state index is 0.110. The smallest absolute Gasteiger partial charge is 0.120 e. The van der Waals surface area contributed by atoms with E-state index in [0.717, 1.165) is 50.9 Å². The van der Waals surface area contributed by atoms with E-state index < -0.39 is 0 Å². The summed E-state index contributed by atoms with van der Waals surface area (Å²) in [6.45, 7) is 5.13. The van der Waals surface area contributed by atoms with Crippen molar-refractivity contribution in [1.82, 2.24) is 10.2 Å². The Morgan fingerprint density at radius 2 is 2.00 bits per heavy atom. The average Bonchev–Trinajstić information content (AvgIpc) is 2.96. The molecule has 3 N–H and O–H groups in total. The first kappa shape index (κ1) is 20.2. The average molecular weight is 387 g/mol. The molecule has 0 bridgehead atoms. The van der Waals surface area contributed by atoms with Gasteiger partial charge in [-0.2, -0.15) is 0 Å². The number of hydrogen-bond acceptors (Lipinski definition) is 4. The van der Waals surface area contributed by atoms with Crippen molar-refractivity contribution in [3.8, 4) is 5.75 Å². The Kier molecular flexibility index (Phi) is 5.74. The molecular weight excluding hydrogens is 348 g/mol. The Bertz CT molecular complexity index is 704. The summed E-state index contributed by atoms with van der Waals surface area (Å²) in [6, 6.07) is 4.34. The van der Waals surface area contributed by atoms with Gasteiger partial charge in [-0.25, -0.2) is 0 Å². The number of aliphatic hydroxyl groups is 1. The van der Waals surface area contributed by atoms with Crippen molar-refractivity contribution in [2.45, 2.75) is 70.4 Å². The SMILES string of the molecule is CN(C)CCCNCc1cc2c(cc1O)CC[C@@H]1[C@@H]2CC[C@]2(C)[C@@H](O)CC[C@@H]12. The fourth-order valence-electron chi connectivity index (χ4n) is 6.51. The maximum Gasteiger partial charge on any atom is 0.120 e. The number of nitrogens with zero attached hydrogens (tertiary/aromatic N) is 1. The zero-order valence-corrected chi connectivity index (χ0v) is 17.9. The molecule has 156 valence electrons. The first-order chi connectivity index (χ1) is 13.4. The third-order valence-electron chi connectivity index (χ3n) is 8.15. The first-order valence-electron chi connectivity index (χ1n) is 11.3. The second kappa shape index (κ2) is 7.97. The van der Waals surface area contributed by atoms with Gasteiger partial charge in [0.05, 0.1) is 6.10 Å². The molecule has 0 radical (unpaired) electrons. The van der Waals surface area contributed by atoms with Gasteiger partial charge in [0, 0.05) is 12.1 Å². The molecule has 3 aliphatic rings. The Balaban J connectivity index is 1.48. The molecule has 28 heavy (non-hydrogen) atoms. The molecule has 0 saturated heterocycles. The van der Waals surface area contributed by atoms with Crippen LogP contribution in [0.4, 0.5) is 0 Å². The fraction of sp³-hybridized carbons (Fsp3) is 0.750. The van der Waals surface area contributed by atoms with E-state index in [1.54, 1.807) is 0 Å². The van der Waals surface area contributed by atoms with Gasteiger partial charge >= 0.3 is 0 Å². The van der Waals surface area contributed by atoms with Crippen LogP contribution >= 0.6 is 0 Å². The van der Waals surface area contributed by atoms with Gasteiger partial charge in [0.2, 0.25) is 0 Å². The van der Waals surface area contributed by atoms with Gasteiger partial charge in [0.25, 0.3) is 0 Å². The highest BCUT2D eigenvalue weighted by Gasteiger charge is 2.54. The van der Waals surface area contributed by atoms with Crippen LogP contribution in [0.1, 0.15) is 68.1 Å². The predicted octanol–water partition coefficient (Wildman–Crippen LogP) is 3.65. The summed E-state index contributed by atoms with van der Waals surface area (Å²) in [7, 11) is 4.20. The van der Waals surface area contributed by atoms with Crippen LogP contribution in [-0.2, 0) is 13.0 Å². The van der Waals surface area contributed by atoms with Crippen molar-refractivity contribution >= 4 is 0 Å². The van der Waals surface area contributed by atoms with Crippen LogP contribution in [0.25, 0.3) is 0 Å². The van der Waals surface area contributed by atoms with Crippen LogP contribution in [0.3, 0.4) is 0 Å². The molecule has 3 aliphatic carbocycles. The molecule has 0 amide bonds. The largest absolute Gasteiger partial charge is 0.508 e. The number of rotatable bonds is 6. The van der Waals surface area contributed by atoms with Crippen LogP contribution in [0, 0.1) is 17.3 Å². The standard InChI is InChI=1S/C24H38N2O2/c1-24-10-9-18-19(21(24)7-8-23(24)28)6-5-16-14-22(27)17(13-20(16)18)15-25-11-4-12-26(2)3/h13-14,18-19,21,23,25,27-28H,4-12,15H2,1-3H3/t18-,19+,21-,23-,24-/m0/s1.